The number of carbonyl (C=O) groups is 2. The van der Waals surface area contributed by atoms with Crippen LogP contribution in [0.1, 0.15) is 35.6 Å². The van der Waals surface area contributed by atoms with Crippen LogP contribution in [0.5, 0.6) is 0 Å². The van der Waals surface area contributed by atoms with Gasteiger partial charge in [0.25, 0.3) is 0 Å². The van der Waals surface area contributed by atoms with Gasteiger partial charge >= 0.3 is 6.03 Å². The van der Waals surface area contributed by atoms with E-state index in [1.807, 2.05) is 65.6 Å². The minimum Gasteiger partial charge on any atom is -0.334 e. The summed E-state index contributed by atoms with van der Waals surface area (Å²) < 4.78 is 0. The summed E-state index contributed by atoms with van der Waals surface area (Å²) in [5, 5.41) is 5.80. The number of urea groups is 1. The van der Waals surface area contributed by atoms with Crippen molar-refractivity contribution in [2.24, 2.45) is 0 Å². The second-order valence-electron chi connectivity index (χ2n) is 8.39. The van der Waals surface area contributed by atoms with Gasteiger partial charge < -0.3 is 15.5 Å². The van der Waals surface area contributed by atoms with Crippen LogP contribution in [0.3, 0.4) is 0 Å². The molecule has 3 aromatic carbocycles. The fraction of sp³-hybridized carbons (Fsp3) is 0.214. The molecule has 0 unspecified atom stereocenters. The zero-order valence-electron chi connectivity index (χ0n) is 18.8. The normalized spacial score (nSPS) is 19.3. The van der Waals surface area contributed by atoms with Crippen molar-refractivity contribution in [3.05, 3.63) is 114 Å². The average Bonchev–Trinajstić information content (AvgIpc) is 2.81. The molecule has 0 radical (unpaired) electrons. The summed E-state index contributed by atoms with van der Waals surface area (Å²) in [6.07, 6.45) is 4.98. The highest BCUT2D eigenvalue weighted by molar-refractivity contribution is 5.90. The molecule has 0 bridgehead atoms. The van der Waals surface area contributed by atoms with Crippen molar-refractivity contribution in [1.82, 2.24) is 10.2 Å². The number of rotatable bonds is 5. The second-order valence-corrected chi connectivity index (χ2v) is 8.39. The highest BCUT2D eigenvalue weighted by atomic mass is 16.2. The molecule has 33 heavy (non-hydrogen) atoms. The van der Waals surface area contributed by atoms with E-state index in [2.05, 4.69) is 54.0 Å². The molecule has 5 heteroatoms. The standard InChI is InChI=1S/C28H29N3O2/c1-21-15-17-23(18-16-21)26-14-8-13-25(30-28(33)29-24-11-6-3-7-12-24)19-27(32)31(26)20-22-9-4-2-5-10-22/h2-12,14-18,25-26H,13,19-20H2,1H3,(H2,29,30,33)/b14-8-/t25-,26+/m0/s1. The van der Waals surface area contributed by atoms with E-state index < -0.39 is 0 Å². The molecule has 1 aliphatic rings. The number of aryl methyl sites for hydroxylation is 1. The molecule has 1 aliphatic heterocycles. The molecule has 0 saturated heterocycles. The quantitative estimate of drug-likeness (QED) is 0.508. The van der Waals surface area contributed by atoms with Crippen LogP contribution in [0.2, 0.25) is 0 Å². The predicted molar refractivity (Wildman–Crippen MR) is 132 cm³/mol. The van der Waals surface area contributed by atoms with Crippen molar-refractivity contribution in [3.63, 3.8) is 0 Å². The maximum Gasteiger partial charge on any atom is 0.319 e. The summed E-state index contributed by atoms with van der Waals surface area (Å²) in [6.45, 7) is 2.56. The monoisotopic (exact) mass is 439 g/mol. The van der Waals surface area contributed by atoms with Gasteiger partial charge in [-0.3, -0.25) is 4.79 Å². The highest BCUT2D eigenvalue weighted by Gasteiger charge is 2.28. The van der Waals surface area contributed by atoms with E-state index in [1.54, 1.807) is 0 Å². The van der Waals surface area contributed by atoms with Crippen LogP contribution in [0.4, 0.5) is 10.5 Å². The molecule has 2 N–H and O–H groups in total. The van der Waals surface area contributed by atoms with Crippen molar-refractivity contribution < 1.29 is 9.59 Å². The molecule has 3 amide bonds. The minimum atomic E-state index is -0.308. The maximum atomic E-state index is 13.5. The smallest absolute Gasteiger partial charge is 0.319 e. The third-order valence-corrected chi connectivity index (χ3v) is 5.80. The van der Waals surface area contributed by atoms with Crippen LogP contribution in [0.15, 0.2) is 97.1 Å². The van der Waals surface area contributed by atoms with E-state index in [1.165, 1.54) is 5.56 Å². The minimum absolute atomic E-state index is 0.0128. The van der Waals surface area contributed by atoms with Gasteiger partial charge in [-0.05, 0) is 36.6 Å². The molecule has 0 aromatic heterocycles. The summed E-state index contributed by atoms with van der Waals surface area (Å²) in [5.41, 5.74) is 4.05. The Morgan fingerprint density at radius 1 is 0.939 bits per heavy atom. The van der Waals surface area contributed by atoms with Crippen LogP contribution >= 0.6 is 0 Å². The first kappa shape index (κ1) is 22.3. The van der Waals surface area contributed by atoms with Crippen molar-refractivity contribution in [3.8, 4) is 0 Å². The molecule has 5 nitrogen and oxygen atoms in total. The molecule has 0 aliphatic carbocycles. The molecule has 0 fully saturated rings. The van der Waals surface area contributed by atoms with Gasteiger partial charge in [0.1, 0.15) is 0 Å². The third kappa shape index (κ3) is 6.10. The van der Waals surface area contributed by atoms with Crippen molar-refractivity contribution >= 4 is 17.6 Å². The van der Waals surface area contributed by atoms with E-state index in [0.29, 0.717) is 18.7 Å². The summed E-state index contributed by atoms with van der Waals surface area (Å²) >= 11 is 0. The predicted octanol–water partition coefficient (Wildman–Crippen LogP) is 5.61. The first-order valence-corrected chi connectivity index (χ1v) is 11.3. The molecule has 1 heterocycles. The number of anilines is 1. The lowest BCUT2D eigenvalue weighted by molar-refractivity contribution is -0.134. The van der Waals surface area contributed by atoms with E-state index >= 15 is 0 Å². The molecule has 4 rings (SSSR count). The maximum absolute atomic E-state index is 13.5. The third-order valence-electron chi connectivity index (χ3n) is 5.80. The van der Waals surface area contributed by atoms with Crippen molar-refractivity contribution in [1.29, 1.82) is 0 Å². The Kier molecular flexibility index (Phi) is 7.20. The van der Waals surface area contributed by atoms with Crippen LogP contribution in [-0.4, -0.2) is 22.9 Å². The van der Waals surface area contributed by atoms with Crippen molar-refractivity contribution in [2.45, 2.75) is 38.4 Å². The molecule has 2 atom stereocenters. The lowest BCUT2D eigenvalue weighted by atomic mass is 9.97. The zero-order valence-corrected chi connectivity index (χ0v) is 18.8. The molecule has 3 aromatic rings. The van der Waals surface area contributed by atoms with Gasteiger partial charge in [-0.1, -0.05) is 90.5 Å². The number of amides is 3. The largest absolute Gasteiger partial charge is 0.334 e. The van der Waals surface area contributed by atoms with E-state index in [0.717, 1.165) is 11.1 Å². The second kappa shape index (κ2) is 10.6. The lowest BCUT2D eigenvalue weighted by Gasteiger charge is -2.33. The van der Waals surface area contributed by atoms with E-state index in [4.69, 9.17) is 0 Å². The number of benzene rings is 3. The zero-order chi connectivity index (χ0) is 23.0. The average molecular weight is 440 g/mol. The topological polar surface area (TPSA) is 61.4 Å². The molecule has 0 spiro atoms. The Labute approximate surface area is 195 Å². The SMILES string of the molecule is Cc1ccc([C@H]2/C=C\C[C@H](NC(=O)Nc3ccccc3)CC(=O)N2Cc2ccccc2)cc1. The van der Waals surface area contributed by atoms with Crippen molar-refractivity contribution in [2.75, 3.05) is 5.32 Å². The number of nitrogens with zero attached hydrogens (tertiary/aromatic N) is 1. The fourth-order valence-electron chi connectivity index (χ4n) is 4.05. The Morgan fingerprint density at radius 2 is 1.61 bits per heavy atom. The van der Waals surface area contributed by atoms with Gasteiger partial charge in [0, 0.05) is 24.7 Å². The van der Waals surface area contributed by atoms with Gasteiger partial charge in [0.15, 0.2) is 0 Å². The number of para-hydroxylation sites is 1. The lowest BCUT2D eigenvalue weighted by Crippen LogP contribution is -2.43. The number of carbonyl (C=O) groups excluding carboxylic acids is 2. The fourth-order valence-corrected chi connectivity index (χ4v) is 4.05. The Balaban J connectivity index is 1.54. The van der Waals surface area contributed by atoms with Gasteiger partial charge in [-0.15, -0.1) is 0 Å². The van der Waals surface area contributed by atoms with Gasteiger partial charge in [0.2, 0.25) is 5.91 Å². The summed E-state index contributed by atoms with van der Waals surface area (Å²) in [6, 6.07) is 26.9. The van der Waals surface area contributed by atoms with E-state index in [-0.39, 0.29) is 30.4 Å². The Hall–Kier alpha value is -3.86. The van der Waals surface area contributed by atoms with Crippen LogP contribution in [-0.2, 0) is 11.3 Å². The van der Waals surface area contributed by atoms with Crippen LogP contribution in [0, 0.1) is 6.92 Å². The first-order chi connectivity index (χ1) is 16.1. The van der Waals surface area contributed by atoms with Crippen LogP contribution in [0.25, 0.3) is 0 Å². The number of nitrogens with one attached hydrogen (secondary N) is 2. The van der Waals surface area contributed by atoms with Gasteiger partial charge in [-0.2, -0.15) is 0 Å². The van der Waals surface area contributed by atoms with Crippen LogP contribution < -0.4 is 10.6 Å². The summed E-state index contributed by atoms with van der Waals surface area (Å²) in [5.74, 6) is 0.0128. The Bertz CT molecular complexity index is 1100. The Morgan fingerprint density at radius 3 is 2.30 bits per heavy atom. The number of hydrogen-bond donors (Lipinski definition) is 2. The molecule has 168 valence electrons. The summed E-state index contributed by atoms with van der Waals surface area (Å²) in [4.78, 5) is 27.9. The molecular weight excluding hydrogens is 410 g/mol. The van der Waals surface area contributed by atoms with Gasteiger partial charge in [-0.25, -0.2) is 4.79 Å². The highest BCUT2D eigenvalue weighted by Crippen LogP contribution is 2.28. The summed E-state index contributed by atoms with van der Waals surface area (Å²) in [7, 11) is 0. The molecule has 0 saturated carbocycles. The van der Waals surface area contributed by atoms with E-state index in [9.17, 15) is 9.59 Å². The van der Waals surface area contributed by atoms with Gasteiger partial charge in [0.05, 0.1) is 6.04 Å². The molecular formula is C28H29N3O2. The number of hydrogen-bond acceptors (Lipinski definition) is 2. The first-order valence-electron chi connectivity index (χ1n) is 11.3.